The first kappa shape index (κ1) is 36.7. The molecule has 0 aliphatic carbocycles. The molecule has 50 heavy (non-hydrogen) atoms. The number of esters is 1. The highest BCUT2D eigenvalue weighted by Crippen LogP contribution is 2.38. The average Bonchev–Trinajstić information content (AvgIpc) is 3.46. The van der Waals surface area contributed by atoms with Gasteiger partial charge < -0.3 is 25.6 Å². The lowest BCUT2D eigenvalue weighted by Gasteiger charge is -2.25. The molecule has 5 rings (SSSR count). The standard InChI is InChI=1S/C36H32Cl2N4O6S2/c1-3-48-36(47)31-26-15-16-42(21(2)43)19-29(26)50-35(31)41-30(44)20-49-25-13-8-12-24(18-25)39-34(46)28(17-23-11-7-14-27(37)32(23)38)40-33(45)22-9-5-4-6-10-22/h4-14,17-18H,3,15-16,19-20H2,1-2H3,(H,39,46)(H,40,45)(H,41,44)/b28-17+. The second-order valence-electron chi connectivity index (χ2n) is 11.0. The van der Waals surface area contributed by atoms with Crippen molar-refractivity contribution >= 4 is 92.7 Å². The van der Waals surface area contributed by atoms with Gasteiger partial charge in [0.1, 0.15) is 10.7 Å². The third kappa shape index (κ3) is 9.13. The lowest BCUT2D eigenvalue weighted by Crippen LogP contribution is -2.34. The van der Waals surface area contributed by atoms with Crippen LogP contribution in [-0.4, -0.2) is 53.4 Å². The molecule has 4 amide bonds. The van der Waals surface area contributed by atoms with Crippen LogP contribution in [0.2, 0.25) is 10.0 Å². The van der Waals surface area contributed by atoms with Gasteiger partial charge >= 0.3 is 5.97 Å². The number of hydrogen-bond donors (Lipinski definition) is 3. The van der Waals surface area contributed by atoms with Gasteiger partial charge in [-0.25, -0.2) is 4.79 Å². The number of ether oxygens (including phenoxy) is 1. The van der Waals surface area contributed by atoms with Crippen LogP contribution in [-0.2, 0) is 32.1 Å². The number of fused-ring (bicyclic) bond motifs is 1. The molecule has 0 atom stereocenters. The molecule has 0 fully saturated rings. The van der Waals surface area contributed by atoms with E-state index in [1.807, 2.05) is 0 Å². The first-order chi connectivity index (χ1) is 24.0. The van der Waals surface area contributed by atoms with Crippen LogP contribution in [0.3, 0.4) is 0 Å². The molecule has 2 heterocycles. The number of hydrogen-bond acceptors (Lipinski definition) is 8. The van der Waals surface area contributed by atoms with Crippen molar-refractivity contribution in [2.45, 2.75) is 31.7 Å². The molecular formula is C36H32Cl2N4O6S2. The molecule has 0 saturated heterocycles. The van der Waals surface area contributed by atoms with E-state index in [-0.39, 0.29) is 34.9 Å². The van der Waals surface area contributed by atoms with Gasteiger partial charge in [0.15, 0.2) is 0 Å². The third-order valence-electron chi connectivity index (χ3n) is 7.51. The number of halogens is 2. The number of thiophene rings is 1. The number of nitrogens with zero attached hydrogens (tertiary/aromatic N) is 1. The summed E-state index contributed by atoms with van der Waals surface area (Å²) in [5.74, 6) is -2.01. The number of anilines is 2. The van der Waals surface area contributed by atoms with E-state index in [0.717, 1.165) is 10.4 Å². The Kier molecular flexibility index (Phi) is 12.4. The Hall–Kier alpha value is -4.62. The lowest BCUT2D eigenvalue weighted by molar-refractivity contribution is -0.129. The average molecular weight is 752 g/mol. The molecule has 4 aromatic rings. The summed E-state index contributed by atoms with van der Waals surface area (Å²) < 4.78 is 5.28. The van der Waals surface area contributed by atoms with Crippen LogP contribution in [0.1, 0.15) is 50.6 Å². The van der Waals surface area contributed by atoms with Gasteiger partial charge in [-0.15, -0.1) is 23.1 Å². The Morgan fingerprint density at radius 1 is 0.980 bits per heavy atom. The number of nitrogens with one attached hydrogen (secondary N) is 3. The van der Waals surface area contributed by atoms with Crippen molar-refractivity contribution < 1.29 is 28.7 Å². The topological polar surface area (TPSA) is 134 Å². The van der Waals surface area contributed by atoms with Gasteiger partial charge in [0, 0.05) is 34.5 Å². The van der Waals surface area contributed by atoms with Crippen molar-refractivity contribution in [3.05, 3.63) is 116 Å². The molecule has 1 aromatic heterocycles. The number of thioether (sulfide) groups is 1. The van der Waals surface area contributed by atoms with Crippen LogP contribution in [0.4, 0.5) is 10.7 Å². The van der Waals surface area contributed by atoms with Crippen molar-refractivity contribution in [2.75, 3.05) is 29.5 Å². The maximum atomic E-state index is 13.5. The van der Waals surface area contributed by atoms with Gasteiger partial charge in [-0.2, -0.15) is 0 Å². The number of carbonyl (C=O) groups is 5. The van der Waals surface area contributed by atoms with Crippen LogP contribution in [0.15, 0.2) is 83.4 Å². The summed E-state index contributed by atoms with van der Waals surface area (Å²) in [7, 11) is 0. The number of carbonyl (C=O) groups excluding carboxylic acids is 5. The molecule has 1 aliphatic rings. The number of rotatable bonds is 11. The summed E-state index contributed by atoms with van der Waals surface area (Å²) in [5, 5.41) is 9.24. The summed E-state index contributed by atoms with van der Waals surface area (Å²) in [5.41, 5.74) is 2.27. The van der Waals surface area contributed by atoms with E-state index < -0.39 is 17.8 Å². The second kappa shape index (κ2) is 16.9. The molecule has 3 N–H and O–H groups in total. The summed E-state index contributed by atoms with van der Waals surface area (Å²) in [6.45, 7) is 4.24. The Morgan fingerprint density at radius 2 is 1.74 bits per heavy atom. The highest BCUT2D eigenvalue weighted by atomic mass is 35.5. The summed E-state index contributed by atoms with van der Waals surface area (Å²) in [6.07, 6.45) is 1.93. The van der Waals surface area contributed by atoms with Crippen LogP contribution in [0, 0.1) is 0 Å². The minimum Gasteiger partial charge on any atom is -0.462 e. The Labute approximate surface area is 307 Å². The monoisotopic (exact) mass is 750 g/mol. The molecular weight excluding hydrogens is 719 g/mol. The Morgan fingerprint density at radius 3 is 2.48 bits per heavy atom. The highest BCUT2D eigenvalue weighted by molar-refractivity contribution is 8.00. The maximum absolute atomic E-state index is 13.5. The van der Waals surface area contributed by atoms with Gasteiger partial charge in [0.2, 0.25) is 11.8 Å². The number of benzene rings is 3. The molecule has 0 spiro atoms. The Balaban J connectivity index is 1.28. The van der Waals surface area contributed by atoms with E-state index in [0.29, 0.717) is 56.8 Å². The zero-order valence-corrected chi connectivity index (χ0v) is 30.2. The molecule has 0 bridgehead atoms. The first-order valence-corrected chi connectivity index (χ1v) is 18.0. The maximum Gasteiger partial charge on any atom is 0.341 e. The van der Waals surface area contributed by atoms with Crippen molar-refractivity contribution in [2.24, 2.45) is 0 Å². The summed E-state index contributed by atoms with van der Waals surface area (Å²) in [4.78, 5) is 67.7. The van der Waals surface area contributed by atoms with E-state index in [9.17, 15) is 24.0 Å². The van der Waals surface area contributed by atoms with Gasteiger partial charge in [0.05, 0.1) is 34.5 Å². The molecule has 258 valence electrons. The predicted molar refractivity (Wildman–Crippen MR) is 198 cm³/mol. The zero-order chi connectivity index (χ0) is 35.8. The third-order valence-corrected chi connectivity index (χ3v) is 10.5. The van der Waals surface area contributed by atoms with E-state index >= 15 is 0 Å². The SMILES string of the molecule is CCOC(=O)c1c(NC(=O)CSc2cccc(NC(=O)/C(=C\c3cccc(Cl)c3Cl)NC(=O)c3ccccc3)c2)sc2c1CCN(C(C)=O)C2. The van der Waals surface area contributed by atoms with Crippen LogP contribution >= 0.6 is 46.3 Å². The van der Waals surface area contributed by atoms with Gasteiger partial charge in [0.25, 0.3) is 11.8 Å². The Bertz CT molecular complexity index is 1980. The van der Waals surface area contributed by atoms with Gasteiger partial charge in [-0.3, -0.25) is 19.2 Å². The molecule has 0 unspecified atom stereocenters. The smallest absolute Gasteiger partial charge is 0.341 e. The minimum absolute atomic E-state index is 0.00730. The van der Waals surface area contributed by atoms with E-state index in [1.54, 1.807) is 84.6 Å². The first-order valence-electron chi connectivity index (χ1n) is 15.5. The lowest BCUT2D eigenvalue weighted by atomic mass is 10.0. The minimum atomic E-state index is -0.610. The molecule has 0 saturated carbocycles. The fraction of sp³-hybridized carbons (Fsp3) is 0.194. The fourth-order valence-corrected chi connectivity index (χ4v) is 7.47. The predicted octanol–water partition coefficient (Wildman–Crippen LogP) is 7.28. The van der Waals surface area contributed by atoms with E-state index in [1.165, 1.54) is 36.1 Å². The zero-order valence-electron chi connectivity index (χ0n) is 27.0. The summed E-state index contributed by atoms with van der Waals surface area (Å²) in [6, 6.07) is 20.3. The van der Waals surface area contributed by atoms with Crippen molar-refractivity contribution in [1.82, 2.24) is 10.2 Å². The van der Waals surface area contributed by atoms with E-state index in [2.05, 4.69) is 16.0 Å². The molecule has 14 heteroatoms. The van der Waals surface area contributed by atoms with Crippen LogP contribution in [0.5, 0.6) is 0 Å². The van der Waals surface area contributed by atoms with Gasteiger partial charge in [-0.1, -0.05) is 59.6 Å². The molecule has 0 radical (unpaired) electrons. The quantitative estimate of drug-likeness (QED) is 0.0834. The highest BCUT2D eigenvalue weighted by Gasteiger charge is 2.30. The largest absolute Gasteiger partial charge is 0.462 e. The molecule has 3 aromatic carbocycles. The van der Waals surface area contributed by atoms with Crippen molar-refractivity contribution in [3.63, 3.8) is 0 Å². The van der Waals surface area contributed by atoms with Gasteiger partial charge in [-0.05, 0) is 66.9 Å². The van der Waals surface area contributed by atoms with Crippen LogP contribution < -0.4 is 16.0 Å². The van der Waals surface area contributed by atoms with E-state index in [4.69, 9.17) is 27.9 Å². The summed E-state index contributed by atoms with van der Waals surface area (Å²) >= 11 is 15.1. The van der Waals surface area contributed by atoms with Crippen LogP contribution in [0.25, 0.3) is 6.08 Å². The number of amides is 4. The second-order valence-corrected chi connectivity index (χ2v) is 13.9. The van der Waals surface area contributed by atoms with Crippen molar-refractivity contribution in [1.29, 1.82) is 0 Å². The molecule has 10 nitrogen and oxygen atoms in total. The fourth-order valence-electron chi connectivity index (χ4n) is 5.08. The normalized spacial score (nSPS) is 12.5. The van der Waals surface area contributed by atoms with Crippen molar-refractivity contribution in [3.8, 4) is 0 Å². The molecule has 1 aliphatic heterocycles.